The third-order valence-corrected chi connectivity index (χ3v) is 6.08. The molecule has 0 heterocycles. The Kier molecular flexibility index (Phi) is 6.19. The molecule has 1 unspecified atom stereocenters. The van der Waals surface area contributed by atoms with Gasteiger partial charge in [-0.05, 0) is 36.5 Å². The van der Waals surface area contributed by atoms with Crippen LogP contribution in [0.1, 0.15) is 37.5 Å². The zero-order chi connectivity index (χ0) is 20.9. The second-order valence-corrected chi connectivity index (χ2v) is 8.16. The Morgan fingerprint density at radius 2 is 1.14 bits per heavy atom. The third kappa shape index (κ3) is 4.10. The number of nitrogens with one attached hydrogen (secondary N) is 1. The second-order valence-electron chi connectivity index (χ2n) is 8.16. The Bertz CT molecular complexity index is 824. The summed E-state index contributed by atoms with van der Waals surface area (Å²) in [6, 6.07) is 31.1. The van der Waals surface area contributed by atoms with Gasteiger partial charge in [0, 0.05) is 6.54 Å². The van der Waals surface area contributed by atoms with Crippen molar-refractivity contribution >= 4 is 5.97 Å². The molecule has 0 saturated carbocycles. The van der Waals surface area contributed by atoms with Gasteiger partial charge in [-0.1, -0.05) is 97.9 Å². The van der Waals surface area contributed by atoms with Crippen LogP contribution in [0.3, 0.4) is 0 Å². The highest BCUT2D eigenvalue weighted by Crippen LogP contribution is 2.37. The molecule has 0 saturated heterocycles. The molecule has 1 atom stereocenters. The van der Waals surface area contributed by atoms with Crippen molar-refractivity contribution in [3.63, 3.8) is 0 Å². The molecule has 0 fully saturated rings. The molecule has 3 heteroatoms. The molecule has 3 rings (SSSR count). The van der Waals surface area contributed by atoms with E-state index in [4.69, 9.17) is 0 Å². The summed E-state index contributed by atoms with van der Waals surface area (Å²) in [5.41, 5.74) is 1.96. The number of rotatable bonds is 8. The van der Waals surface area contributed by atoms with Gasteiger partial charge in [0.25, 0.3) is 0 Å². The van der Waals surface area contributed by atoms with Gasteiger partial charge in [-0.3, -0.25) is 10.1 Å². The van der Waals surface area contributed by atoms with Gasteiger partial charge < -0.3 is 5.11 Å². The first-order valence-electron chi connectivity index (χ1n) is 10.0. The lowest BCUT2D eigenvalue weighted by Gasteiger charge is -2.39. The van der Waals surface area contributed by atoms with E-state index >= 15 is 0 Å². The van der Waals surface area contributed by atoms with E-state index in [2.05, 4.69) is 41.7 Å². The highest BCUT2D eigenvalue weighted by atomic mass is 16.4. The maximum absolute atomic E-state index is 11.8. The Labute approximate surface area is 173 Å². The molecule has 0 bridgehead atoms. The average Bonchev–Trinajstić information content (AvgIpc) is 2.76. The number of carboxylic acids is 1. The van der Waals surface area contributed by atoms with Gasteiger partial charge in [0.2, 0.25) is 0 Å². The van der Waals surface area contributed by atoms with Crippen LogP contribution in [-0.4, -0.2) is 17.6 Å². The SMILES string of the molecule is CC(CNC(c1ccccc1)(c1ccccc1)c1ccccc1)C(C)(C)C(=O)O. The van der Waals surface area contributed by atoms with Gasteiger partial charge in [-0.2, -0.15) is 0 Å². The summed E-state index contributed by atoms with van der Waals surface area (Å²) in [6.07, 6.45) is 0. The molecular formula is C26H29NO2. The topological polar surface area (TPSA) is 49.3 Å². The molecule has 0 aliphatic carbocycles. The second kappa shape index (κ2) is 8.62. The molecule has 0 aliphatic rings. The number of aliphatic carboxylic acids is 1. The summed E-state index contributed by atoms with van der Waals surface area (Å²) >= 11 is 0. The van der Waals surface area contributed by atoms with E-state index in [0.717, 1.165) is 16.7 Å². The number of hydrogen-bond acceptors (Lipinski definition) is 2. The quantitative estimate of drug-likeness (QED) is 0.515. The first-order valence-corrected chi connectivity index (χ1v) is 10.0. The molecule has 3 nitrogen and oxygen atoms in total. The Balaban J connectivity index is 2.14. The van der Waals surface area contributed by atoms with E-state index in [1.165, 1.54) is 0 Å². The zero-order valence-corrected chi connectivity index (χ0v) is 17.3. The molecule has 0 amide bonds. The van der Waals surface area contributed by atoms with Crippen LogP contribution in [0.2, 0.25) is 0 Å². The van der Waals surface area contributed by atoms with Crippen molar-refractivity contribution in [1.29, 1.82) is 0 Å². The normalized spacial score (nSPS) is 13.1. The van der Waals surface area contributed by atoms with Gasteiger partial charge in [0.1, 0.15) is 0 Å². The summed E-state index contributed by atoms with van der Waals surface area (Å²) < 4.78 is 0. The van der Waals surface area contributed by atoms with Crippen molar-refractivity contribution in [3.8, 4) is 0 Å². The molecular weight excluding hydrogens is 358 g/mol. The number of carbonyl (C=O) groups is 1. The van der Waals surface area contributed by atoms with E-state index in [1.54, 1.807) is 13.8 Å². The van der Waals surface area contributed by atoms with Crippen molar-refractivity contribution in [3.05, 3.63) is 108 Å². The molecule has 3 aromatic carbocycles. The Hall–Kier alpha value is -2.91. The van der Waals surface area contributed by atoms with Gasteiger partial charge >= 0.3 is 5.97 Å². The largest absolute Gasteiger partial charge is 0.481 e. The first kappa shape index (κ1) is 20.8. The van der Waals surface area contributed by atoms with Crippen LogP contribution in [0, 0.1) is 11.3 Å². The standard InChI is InChI=1S/C26H29NO2/c1-20(25(2,3)24(28)29)19-27-26(21-13-7-4-8-14-21,22-15-9-5-10-16-22)23-17-11-6-12-18-23/h4-18,20,27H,19H2,1-3H3,(H,28,29). The maximum Gasteiger partial charge on any atom is 0.309 e. The molecule has 0 aromatic heterocycles. The molecule has 29 heavy (non-hydrogen) atoms. The highest BCUT2D eigenvalue weighted by Gasteiger charge is 2.39. The van der Waals surface area contributed by atoms with E-state index in [0.29, 0.717) is 6.54 Å². The Morgan fingerprint density at radius 1 is 0.793 bits per heavy atom. The van der Waals surface area contributed by atoms with Gasteiger partial charge in [0.05, 0.1) is 11.0 Å². The summed E-state index contributed by atoms with van der Waals surface area (Å²) in [5, 5.41) is 13.4. The number of hydrogen-bond donors (Lipinski definition) is 2. The maximum atomic E-state index is 11.8. The fraction of sp³-hybridized carbons (Fsp3) is 0.269. The molecule has 0 spiro atoms. The zero-order valence-electron chi connectivity index (χ0n) is 17.3. The number of carboxylic acid groups (broad SMARTS) is 1. The highest BCUT2D eigenvalue weighted by molar-refractivity contribution is 5.74. The predicted molar refractivity (Wildman–Crippen MR) is 118 cm³/mol. The summed E-state index contributed by atoms with van der Waals surface area (Å²) in [5.74, 6) is -0.855. The first-order chi connectivity index (χ1) is 13.9. The van der Waals surface area contributed by atoms with E-state index in [1.807, 2.05) is 61.5 Å². The third-order valence-electron chi connectivity index (χ3n) is 6.08. The van der Waals surface area contributed by atoms with Gasteiger partial charge in [0.15, 0.2) is 0 Å². The smallest absolute Gasteiger partial charge is 0.309 e. The van der Waals surface area contributed by atoms with E-state index < -0.39 is 16.9 Å². The summed E-state index contributed by atoms with van der Waals surface area (Å²) in [6.45, 7) is 6.12. The van der Waals surface area contributed by atoms with Crippen LogP contribution in [0.15, 0.2) is 91.0 Å². The van der Waals surface area contributed by atoms with Crippen LogP contribution in [0.25, 0.3) is 0 Å². The van der Waals surface area contributed by atoms with Crippen molar-refractivity contribution in [2.24, 2.45) is 11.3 Å². The van der Waals surface area contributed by atoms with Crippen LogP contribution in [0.5, 0.6) is 0 Å². The van der Waals surface area contributed by atoms with E-state index in [-0.39, 0.29) is 5.92 Å². The van der Waals surface area contributed by atoms with Crippen LogP contribution in [-0.2, 0) is 10.3 Å². The number of benzene rings is 3. The fourth-order valence-electron chi connectivity index (χ4n) is 3.64. The lowest BCUT2D eigenvalue weighted by Crippen LogP contribution is -2.48. The fourth-order valence-corrected chi connectivity index (χ4v) is 3.64. The Morgan fingerprint density at radius 3 is 1.45 bits per heavy atom. The predicted octanol–water partition coefficient (Wildman–Crippen LogP) is 5.32. The van der Waals surface area contributed by atoms with Crippen molar-refractivity contribution in [2.45, 2.75) is 26.3 Å². The minimum atomic E-state index is -0.831. The monoisotopic (exact) mass is 387 g/mol. The molecule has 0 aliphatic heterocycles. The van der Waals surface area contributed by atoms with Crippen LogP contribution < -0.4 is 5.32 Å². The van der Waals surface area contributed by atoms with Crippen LogP contribution in [0.4, 0.5) is 0 Å². The molecule has 150 valence electrons. The summed E-state index contributed by atoms with van der Waals surface area (Å²) in [4.78, 5) is 11.8. The molecule has 0 radical (unpaired) electrons. The lowest BCUT2D eigenvalue weighted by atomic mass is 9.75. The lowest BCUT2D eigenvalue weighted by molar-refractivity contribution is -0.149. The minimum Gasteiger partial charge on any atom is -0.481 e. The van der Waals surface area contributed by atoms with E-state index in [9.17, 15) is 9.90 Å². The van der Waals surface area contributed by atoms with Crippen molar-refractivity contribution < 1.29 is 9.90 Å². The van der Waals surface area contributed by atoms with Gasteiger partial charge in [-0.25, -0.2) is 0 Å². The van der Waals surface area contributed by atoms with Crippen LogP contribution >= 0.6 is 0 Å². The average molecular weight is 388 g/mol. The minimum absolute atomic E-state index is 0.0736. The molecule has 3 aromatic rings. The van der Waals surface area contributed by atoms with Crippen molar-refractivity contribution in [2.75, 3.05) is 6.54 Å². The van der Waals surface area contributed by atoms with Gasteiger partial charge in [-0.15, -0.1) is 0 Å². The molecule has 2 N–H and O–H groups in total. The summed E-state index contributed by atoms with van der Waals surface area (Å²) in [7, 11) is 0. The van der Waals surface area contributed by atoms with Crippen molar-refractivity contribution in [1.82, 2.24) is 5.32 Å².